The molecule has 0 saturated carbocycles. The maximum atomic E-state index is 9.73. The number of nitrogens with zero attached hydrogens (tertiary/aromatic N) is 1. The molecule has 1 aromatic rings. The van der Waals surface area contributed by atoms with Crippen LogP contribution < -0.4 is 10.2 Å². The van der Waals surface area contributed by atoms with Crippen molar-refractivity contribution in [1.29, 1.82) is 0 Å². The van der Waals surface area contributed by atoms with Gasteiger partial charge in [0, 0.05) is 26.7 Å². The maximum absolute atomic E-state index is 9.73. The molecule has 0 aliphatic carbocycles. The van der Waals surface area contributed by atoms with Crippen molar-refractivity contribution < 1.29 is 9.84 Å². The number of anilines is 1. The summed E-state index contributed by atoms with van der Waals surface area (Å²) < 4.78 is 4.92. The number of likely N-dealkylation sites (N-methyl/N-ethyl adjacent to an activating group) is 1. The zero-order valence-electron chi connectivity index (χ0n) is 12.0. The standard InChI is InChI=1S/C14H23ClN2O2/c1-10(16-2)11-5-6-14(13(15)7-11)17(3)8-12(18)9-19-4/h5-7,10,12,16,18H,8-9H2,1-4H3. The van der Waals surface area contributed by atoms with E-state index in [1.807, 2.05) is 37.2 Å². The molecule has 4 nitrogen and oxygen atoms in total. The van der Waals surface area contributed by atoms with Crippen LogP contribution in [0.3, 0.4) is 0 Å². The summed E-state index contributed by atoms with van der Waals surface area (Å²) >= 11 is 6.30. The van der Waals surface area contributed by atoms with Crippen LogP contribution in [0.4, 0.5) is 5.69 Å². The molecule has 0 fully saturated rings. The van der Waals surface area contributed by atoms with E-state index in [-0.39, 0.29) is 6.04 Å². The van der Waals surface area contributed by atoms with Gasteiger partial charge in [-0.15, -0.1) is 0 Å². The molecule has 0 aliphatic rings. The van der Waals surface area contributed by atoms with E-state index >= 15 is 0 Å². The van der Waals surface area contributed by atoms with Crippen molar-refractivity contribution in [3.8, 4) is 0 Å². The lowest BCUT2D eigenvalue weighted by atomic mass is 10.1. The molecule has 0 heterocycles. The molecule has 0 saturated heterocycles. The van der Waals surface area contributed by atoms with Crippen LogP contribution in [-0.4, -0.2) is 45.6 Å². The normalized spacial score (nSPS) is 14.2. The smallest absolute Gasteiger partial charge is 0.0947 e. The van der Waals surface area contributed by atoms with Crippen molar-refractivity contribution in [3.05, 3.63) is 28.8 Å². The molecule has 0 spiro atoms. The minimum absolute atomic E-state index is 0.260. The van der Waals surface area contributed by atoms with E-state index in [0.29, 0.717) is 18.2 Å². The summed E-state index contributed by atoms with van der Waals surface area (Å²) in [6, 6.07) is 6.24. The van der Waals surface area contributed by atoms with Gasteiger partial charge < -0.3 is 20.1 Å². The SMILES string of the molecule is CNC(C)c1ccc(N(C)CC(O)COC)c(Cl)c1. The molecule has 0 aliphatic heterocycles. The molecule has 5 heteroatoms. The summed E-state index contributed by atoms with van der Waals surface area (Å²) in [7, 11) is 5.39. The Morgan fingerprint density at radius 1 is 1.47 bits per heavy atom. The summed E-state index contributed by atoms with van der Waals surface area (Å²) in [6.45, 7) is 2.88. The number of rotatable bonds is 7. The number of halogens is 1. The predicted octanol–water partition coefficient (Wildman–Crippen LogP) is 2.06. The van der Waals surface area contributed by atoms with Crippen LogP contribution in [0.15, 0.2) is 18.2 Å². The minimum atomic E-state index is -0.526. The Balaban J connectivity index is 2.78. The van der Waals surface area contributed by atoms with Gasteiger partial charge in [0.2, 0.25) is 0 Å². The molecule has 1 rings (SSSR count). The highest BCUT2D eigenvalue weighted by Gasteiger charge is 2.13. The van der Waals surface area contributed by atoms with Crippen molar-refractivity contribution in [2.75, 3.05) is 39.3 Å². The molecule has 0 amide bonds. The Labute approximate surface area is 120 Å². The molecule has 2 N–H and O–H groups in total. The fourth-order valence-corrected chi connectivity index (χ4v) is 2.26. The second-order valence-corrected chi connectivity index (χ2v) is 5.12. The van der Waals surface area contributed by atoms with Gasteiger partial charge in [-0.05, 0) is 31.7 Å². The Hall–Kier alpha value is -0.810. The van der Waals surface area contributed by atoms with Crippen LogP contribution >= 0.6 is 11.6 Å². The number of nitrogens with one attached hydrogen (secondary N) is 1. The van der Waals surface area contributed by atoms with Gasteiger partial charge in [-0.1, -0.05) is 17.7 Å². The third-order valence-corrected chi connectivity index (χ3v) is 3.46. The third kappa shape index (κ3) is 4.66. The number of ether oxygens (including phenoxy) is 1. The zero-order valence-corrected chi connectivity index (χ0v) is 12.7. The average Bonchev–Trinajstić information content (AvgIpc) is 2.37. The first-order valence-electron chi connectivity index (χ1n) is 6.34. The first-order valence-corrected chi connectivity index (χ1v) is 6.72. The van der Waals surface area contributed by atoms with E-state index in [1.54, 1.807) is 7.11 Å². The highest BCUT2D eigenvalue weighted by atomic mass is 35.5. The number of aliphatic hydroxyl groups is 1. The molecule has 108 valence electrons. The first kappa shape index (κ1) is 16.2. The topological polar surface area (TPSA) is 44.7 Å². The fourth-order valence-electron chi connectivity index (χ4n) is 1.93. The zero-order chi connectivity index (χ0) is 14.4. The largest absolute Gasteiger partial charge is 0.389 e. The monoisotopic (exact) mass is 286 g/mol. The molecule has 19 heavy (non-hydrogen) atoms. The molecule has 0 aromatic heterocycles. The van der Waals surface area contributed by atoms with Crippen molar-refractivity contribution in [3.63, 3.8) is 0 Å². The molecular weight excluding hydrogens is 264 g/mol. The number of benzene rings is 1. The van der Waals surface area contributed by atoms with E-state index in [9.17, 15) is 5.11 Å². The van der Waals surface area contributed by atoms with Crippen LogP contribution in [0.2, 0.25) is 5.02 Å². The average molecular weight is 287 g/mol. The highest BCUT2D eigenvalue weighted by Crippen LogP contribution is 2.28. The first-order chi connectivity index (χ1) is 8.99. The molecule has 0 bridgehead atoms. The lowest BCUT2D eigenvalue weighted by Gasteiger charge is -2.24. The van der Waals surface area contributed by atoms with E-state index in [4.69, 9.17) is 16.3 Å². The predicted molar refractivity (Wildman–Crippen MR) is 80.1 cm³/mol. The fraction of sp³-hybridized carbons (Fsp3) is 0.571. The van der Waals surface area contributed by atoms with Gasteiger partial charge in [0.25, 0.3) is 0 Å². The number of hydrogen-bond donors (Lipinski definition) is 2. The van der Waals surface area contributed by atoms with Gasteiger partial charge >= 0.3 is 0 Å². The van der Waals surface area contributed by atoms with E-state index < -0.39 is 6.10 Å². The quantitative estimate of drug-likeness (QED) is 0.805. The van der Waals surface area contributed by atoms with Crippen molar-refractivity contribution >= 4 is 17.3 Å². The summed E-state index contributed by atoms with van der Waals surface area (Å²) in [5.41, 5.74) is 2.05. The van der Waals surface area contributed by atoms with Crippen LogP contribution in [0.1, 0.15) is 18.5 Å². The van der Waals surface area contributed by atoms with Gasteiger partial charge in [0.1, 0.15) is 0 Å². The van der Waals surface area contributed by atoms with Gasteiger partial charge in [0.15, 0.2) is 0 Å². The van der Waals surface area contributed by atoms with Crippen molar-refractivity contribution in [1.82, 2.24) is 5.32 Å². The van der Waals surface area contributed by atoms with Crippen LogP contribution in [0.5, 0.6) is 0 Å². The number of methoxy groups -OCH3 is 1. The van der Waals surface area contributed by atoms with Crippen LogP contribution in [0.25, 0.3) is 0 Å². The molecule has 2 atom stereocenters. The Kier molecular flexibility index (Phi) is 6.58. The molecular formula is C14H23ClN2O2. The van der Waals surface area contributed by atoms with Gasteiger partial charge in [-0.2, -0.15) is 0 Å². The van der Waals surface area contributed by atoms with E-state index in [0.717, 1.165) is 11.3 Å². The maximum Gasteiger partial charge on any atom is 0.0947 e. The van der Waals surface area contributed by atoms with Crippen LogP contribution in [-0.2, 0) is 4.74 Å². The molecule has 1 aromatic carbocycles. The summed E-state index contributed by atoms with van der Waals surface area (Å²) in [5.74, 6) is 0. The minimum Gasteiger partial charge on any atom is -0.389 e. The van der Waals surface area contributed by atoms with Crippen LogP contribution in [0, 0.1) is 0 Å². The van der Waals surface area contributed by atoms with E-state index in [1.165, 1.54) is 0 Å². The summed E-state index contributed by atoms with van der Waals surface area (Å²) in [5, 5.41) is 13.6. The van der Waals surface area contributed by atoms with E-state index in [2.05, 4.69) is 12.2 Å². The molecule has 0 radical (unpaired) electrons. The number of hydrogen-bond acceptors (Lipinski definition) is 4. The molecule has 2 unspecified atom stereocenters. The van der Waals surface area contributed by atoms with Gasteiger partial charge in [0.05, 0.1) is 23.4 Å². The third-order valence-electron chi connectivity index (χ3n) is 3.16. The number of aliphatic hydroxyl groups excluding tert-OH is 1. The lowest BCUT2D eigenvalue weighted by molar-refractivity contribution is 0.0695. The lowest BCUT2D eigenvalue weighted by Crippen LogP contribution is -2.32. The highest BCUT2D eigenvalue weighted by molar-refractivity contribution is 6.33. The Bertz CT molecular complexity index is 401. The van der Waals surface area contributed by atoms with Gasteiger partial charge in [-0.25, -0.2) is 0 Å². The summed E-state index contributed by atoms with van der Waals surface area (Å²) in [4.78, 5) is 1.93. The van der Waals surface area contributed by atoms with Crippen molar-refractivity contribution in [2.24, 2.45) is 0 Å². The second kappa shape index (κ2) is 7.70. The Morgan fingerprint density at radius 2 is 2.16 bits per heavy atom. The van der Waals surface area contributed by atoms with Gasteiger partial charge in [-0.3, -0.25) is 0 Å². The second-order valence-electron chi connectivity index (χ2n) is 4.71. The van der Waals surface area contributed by atoms with Crippen molar-refractivity contribution in [2.45, 2.75) is 19.1 Å². The Morgan fingerprint density at radius 3 is 2.68 bits per heavy atom. The summed E-state index contributed by atoms with van der Waals surface area (Å²) in [6.07, 6.45) is -0.526.